The first-order valence-electron chi connectivity index (χ1n) is 9.65. The van der Waals surface area contributed by atoms with Gasteiger partial charge in [-0.15, -0.1) is 29.3 Å². The van der Waals surface area contributed by atoms with Crippen molar-refractivity contribution in [1.29, 1.82) is 0 Å². The number of anilines is 1. The first kappa shape index (κ1) is 21.5. The molecule has 0 radical (unpaired) electrons. The number of nitrogens with one attached hydrogen (secondary N) is 1. The van der Waals surface area contributed by atoms with Crippen LogP contribution in [0.4, 0.5) is 5.69 Å². The van der Waals surface area contributed by atoms with Crippen molar-refractivity contribution in [3.63, 3.8) is 0 Å². The lowest BCUT2D eigenvalue weighted by Gasteiger charge is -2.12. The van der Waals surface area contributed by atoms with E-state index >= 15 is 0 Å². The molecule has 0 saturated carbocycles. The number of carbonyl (C=O) groups excluding carboxylic acids is 1. The van der Waals surface area contributed by atoms with E-state index in [0.29, 0.717) is 21.9 Å². The summed E-state index contributed by atoms with van der Waals surface area (Å²) >= 11 is 4.31. The molecular weight excluding hydrogens is 446 g/mol. The van der Waals surface area contributed by atoms with Crippen molar-refractivity contribution in [1.82, 2.24) is 9.55 Å². The fourth-order valence-electron chi connectivity index (χ4n) is 3.22. The van der Waals surface area contributed by atoms with Gasteiger partial charge in [0.2, 0.25) is 5.91 Å². The van der Waals surface area contributed by atoms with Gasteiger partial charge in [-0.25, -0.2) is 4.98 Å². The molecule has 0 saturated heterocycles. The molecular formula is C23H21N3O2S3. The zero-order chi connectivity index (χ0) is 22.0. The second kappa shape index (κ2) is 9.21. The first-order chi connectivity index (χ1) is 15.0. The maximum atomic E-state index is 13.3. The molecule has 0 bridgehead atoms. The third-order valence-electron chi connectivity index (χ3n) is 4.97. The monoisotopic (exact) mass is 467 g/mol. The van der Waals surface area contributed by atoms with Gasteiger partial charge in [0.15, 0.2) is 5.16 Å². The Morgan fingerprint density at radius 1 is 1.26 bits per heavy atom. The van der Waals surface area contributed by atoms with Gasteiger partial charge < -0.3 is 5.32 Å². The second-order valence-electron chi connectivity index (χ2n) is 6.99. The summed E-state index contributed by atoms with van der Waals surface area (Å²) < 4.78 is 1.59. The van der Waals surface area contributed by atoms with Gasteiger partial charge in [0.25, 0.3) is 5.56 Å². The SMILES string of the molecule is C=CCn1c(SCC(=O)Nc2cccc(C)c2C)nc2scc(-c3cccs3)c2c1=O. The van der Waals surface area contributed by atoms with E-state index < -0.39 is 0 Å². The van der Waals surface area contributed by atoms with Gasteiger partial charge in [-0.1, -0.05) is 36.0 Å². The van der Waals surface area contributed by atoms with E-state index in [1.165, 1.54) is 23.1 Å². The summed E-state index contributed by atoms with van der Waals surface area (Å²) in [6, 6.07) is 9.80. The van der Waals surface area contributed by atoms with Crippen LogP contribution in [0.1, 0.15) is 11.1 Å². The van der Waals surface area contributed by atoms with Crippen molar-refractivity contribution in [2.24, 2.45) is 0 Å². The van der Waals surface area contributed by atoms with E-state index in [0.717, 1.165) is 27.3 Å². The number of hydrogen-bond donors (Lipinski definition) is 1. The van der Waals surface area contributed by atoms with Crippen molar-refractivity contribution >= 4 is 56.2 Å². The van der Waals surface area contributed by atoms with Gasteiger partial charge in [0.1, 0.15) is 4.83 Å². The van der Waals surface area contributed by atoms with E-state index in [9.17, 15) is 9.59 Å². The molecule has 3 aromatic heterocycles. The average Bonchev–Trinajstić information content (AvgIpc) is 3.42. The van der Waals surface area contributed by atoms with Gasteiger partial charge in [-0.3, -0.25) is 14.2 Å². The number of allylic oxidation sites excluding steroid dienone is 1. The minimum atomic E-state index is -0.136. The highest BCUT2D eigenvalue weighted by atomic mass is 32.2. The Hall–Kier alpha value is -2.68. The summed E-state index contributed by atoms with van der Waals surface area (Å²) in [6.07, 6.45) is 1.67. The molecule has 8 heteroatoms. The smallest absolute Gasteiger partial charge is 0.263 e. The number of nitrogens with zero attached hydrogens (tertiary/aromatic N) is 2. The van der Waals surface area contributed by atoms with Crippen molar-refractivity contribution in [3.05, 3.63) is 75.2 Å². The summed E-state index contributed by atoms with van der Waals surface area (Å²) in [5.41, 5.74) is 3.78. The number of aromatic nitrogens is 2. The van der Waals surface area contributed by atoms with Crippen LogP contribution in [0.2, 0.25) is 0 Å². The minimum absolute atomic E-state index is 0.105. The molecule has 1 N–H and O–H groups in total. The van der Waals surface area contributed by atoms with Crippen molar-refractivity contribution in [3.8, 4) is 10.4 Å². The number of benzene rings is 1. The first-order valence-corrected chi connectivity index (χ1v) is 12.4. The minimum Gasteiger partial charge on any atom is -0.325 e. The van der Waals surface area contributed by atoms with Crippen LogP contribution < -0.4 is 10.9 Å². The predicted octanol–water partition coefficient (Wildman–Crippen LogP) is 5.72. The van der Waals surface area contributed by atoms with Crippen LogP contribution in [0.3, 0.4) is 0 Å². The maximum Gasteiger partial charge on any atom is 0.263 e. The molecule has 0 aliphatic carbocycles. The quantitative estimate of drug-likeness (QED) is 0.214. The van der Waals surface area contributed by atoms with E-state index in [2.05, 4.69) is 11.9 Å². The highest BCUT2D eigenvalue weighted by molar-refractivity contribution is 7.99. The summed E-state index contributed by atoms with van der Waals surface area (Å²) in [6.45, 7) is 8.11. The molecule has 158 valence electrons. The molecule has 0 aliphatic heterocycles. The lowest BCUT2D eigenvalue weighted by atomic mass is 10.1. The summed E-state index contributed by atoms with van der Waals surface area (Å²) in [4.78, 5) is 32.3. The number of thiophene rings is 2. The van der Waals surface area contributed by atoms with E-state index in [1.54, 1.807) is 22.0 Å². The molecule has 0 unspecified atom stereocenters. The fourth-order valence-corrected chi connectivity index (χ4v) is 5.83. The Morgan fingerprint density at radius 3 is 2.84 bits per heavy atom. The van der Waals surface area contributed by atoms with Crippen LogP contribution in [0, 0.1) is 13.8 Å². The molecule has 0 fully saturated rings. The number of amides is 1. The number of hydrogen-bond acceptors (Lipinski definition) is 6. The highest BCUT2D eigenvalue weighted by Gasteiger charge is 2.18. The average molecular weight is 468 g/mol. The third kappa shape index (κ3) is 4.37. The molecule has 3 heterocycles. The molecule has 4 aromatic rings. The Labute approximate surface area is 192 Å². The van der Waals surface area contributed by atoms with Crippen LogP contribution in [0.15, 0.2) is 63.7 Å². The van der Waals surface area contributed by atoms with Gasteiger partial charge in [0, 0.05) is 28.1 Å². The van der Waals surface area contributed by atoms with E-state index in [4.69, 9.17) is 4.98 Å². The molecule has 31 heavy (non-hydrogen) atoms. The van der Waals surface area contributed by atoms with Crippen molar-refractivity contribution in [2.75, 3.05) is 11.1 Å². The van der Waals surface area contributed by atoms with E-state index in [-0.39, 0.29) is 17.2 Å². The topological polar surface area (TPSA) is 64.0 Å². The zero-order valence-electron chi connectivity index (χ0n) is 17.2. The van der Waals surface area contributed by atoms with Crippen molar-refractivity contribution in [2.45, 2.75) is 25.5 Å². The molecule has 5 nitrogen and oxygen atoms in total. The molecule has 1 amide bonds. The lowest BCUT2D eigenvalue weighted by Crippen LogP contribution is -2.23. The normalized spacial score (nSPS) is 11.0. The Bertz CT molecular complexity index is 1320. The summed E-state index contributed by atoms with van der Waals surface area (Å²) in [7, 11) is 0. The molecule has 4 rings (SSSR count). The number of carbonyl (C=O) groups is 1. The maximum absolute atomic E-state index is 13.3. The Balaban J connectivity index is 1.62. The molecule has 0 aliphatic rings. The molecule has 0 atom stereocenters. The predicted molar refractivity (Wildman–Crippen MR) is 133 cm³/mol. The van der Waals surface area contributed by atoms with Gasteiger partial charge in [-0.2, -0.15) is 0 Å². The molecule has 1 aromatic carbocycles. The number of aryl methyl sites for hydroxylation is 1. The Morgan fingerprint density at radius 2 is 2.10 bits per heavy atom. The summed E-state index contributed by atoms with van der Waals surface area (Å²) in [5, 5.41) is 8.07. The number of fused-ring (bicyclic) bond motifs is 1. The van der Waals surface area contributed by atoms with E-state index in [1.807, 2.05) is 54.9 Å². The zero-order valence-corrected chi connectivity index (χ0v) is 19.6. The van der Waals surface area contributed by atoms with Gasteiger partial charge >= 0.3 is 0 Å². The number of thioether (sulfide) groups is 1. The largest absolute Gasteiger partial charge is 0.325 e. The summed E-state index contributed by atoms with van der Waals surface area (Å²) in [5.74, 6) is 0.0229. The number of rotatable bonds is 7. The van der Waals surface area contributed by atoms with Gasteiger partial charge in [-0.05, 0) is 42.5 Å². The fraction of sp³-hybridized carbons (Fsp3) is 0.174. The lowest BCUT2D eigenvalue weighted by molar-refractivity contribution is -0.113. The highest BCUT2D eigenvalue weighted by Crippen LogP contribution is 2.34. The van der Waals surface area contributed by atoms with Crippen LogP contribution in [0.5, 0.6) is 0 Å². The molecule has 0 spiro atoms. The van der Waals surface area contributed by atoms with Crippen LogP contribution >= 0.6 is 34.4 Å². The Kier molecular flexibility index (Phi) is 6.41. The van der Waals surface area contributed by atoms with Crippen LogP contribution in [0.25, 0.3) is 20.7 Å². The van der Waals surface area contributed by atoms with Gasteiger partial charge in [0.05, 0.1) is 11.1 Å². The van der Waals surface area contributed by atoms with Crippen LogP contribution in [-0.2, 0) is 11.3 Å². The van der Waals surface area contributed by atoms with Crippen molar-refractivity contribution < 1.29 is 4.79 Å². The second-order valence-corrected chi connectivity index (χ2v) is 9.74. The standard InChI is InChI=1S/C23H21N3O2S3/c1-4-10-26-22(28)20-16(18-9-6-11-29-18)12-30-21(20)25-23(26)31-13-19(27)24-17-8-5-7-14(2)15(17)3/h4-9,11-12H,1,10,13H2,2-3H3,(H,24,27). The third-order valence-corrected chi connectivity index (χ3v) is 7.72. The van der Waals surface area contributed by atoms with Crippen LogP contribution in [-0.4, -0.2) is 21.2 Å².